The van der Waals surface area contributed by atoms with Gasteiger partial charge in [-0.2, -0.15) is 0 Å². The Labute approximate surface area is 348 Å². The number of hydrogen-bond donors (Lipinski definition) is 0. The van der Waals surface area contributed by atoms with Crippen LogP contribution in [0.3, 0.4) is 0 Å². The van der Waals surface area contributed by atoms with Gasteiger partial charge >= 0.3 is 0 Å². The van der Waals surface area contributed by atoms with Gasteiger partial charge in [-0.05, 0) is 114 Å². The first-order chi connectivity index (χ1) is 32.1. The van der Waals surface area contributed by atoms with E-state index in [1.807, 2.05) is 127 Å². The maximum Gasteiger partial charge on any atom is 0.136 e. The largest absolute Gasteiger partial charge is 0.456 e. The van der Waals surface area contributed by atoms with Gasteiger partial charge in [-0.3, -0.25) is 0 Å². The molecule has 0 unspecified atom stereocenters. The van der Waals surface area contributed by atoms with E-state index in [4.69, 9.17) is 4.42 Å². The molecule has 0 saturated carbocycles. The predicted octanol–water partition coefficient (Wildman–Crippen LogP) is 16.0. The third kappa shape index (κ3) is 5.91. The Hall–Kier alpha value is -7.68. The number of para-hydroxylation sites is 1. The highest BCUT2D eigenvalue weighted by Crippen LogP contribution is 2.41. The summed E-state index contributed by atoms with van der Waals surface area (Å²) in [5.41, 5.74) is 6.29. The van der Waals surface area contributed by atoms with Crippen molar-refractivity contribution in [3.05, 3.63) is 224 Å². The van der Waals surface area contributed by atoms with Crippen molar-refractivity contribution >= 4 is 60.5 Å². The van der Waals surface area contributed by atoms with Crippen LogP contribution < -0.4 is 4.90 Å². The van der Waals surface area contributed by atoms with E-state index in [1.165, 1.54) is 4.90 Å². The van der Waals surface area contributed by atoms with Crippen molar-refractivity contribution < 1.29 is 15.4 Å². The first kappa shape index (κ1) is 26.2. The van der Waals surface area contributed by atoms with Crippen LogP contribution in [0.25, 0.3) is 88.0 Å². The van der Waals surface area contributed by atoms with Crippen molar-refractivity contribution in [1.82, 2.24) is 0 Å². The van der Waals surface area contributed by atoms with Crippen LogP contribution in [0.5, 0.6) is 0 Å². The van der Waals surface area contributed by atoms with Crippen molar-refractivity contribution in [3.63, 3.8) is 0 Å². The molecule has 0 aliphatic rings. The van der Waals surface area contributed by atoms with Crippen molar-refractivity contribution in [2.75, 3.05) is 4.90 Å². The fraction of sp³-hybridized carbons (Fsp3) is 0. The quantitative estimate of drug-likeness (QED) is 0.161. The van der Waals surface area contributed by atoms with Gasteiger partial charge in [0.05, 0.1) is 11.0 Å². The topological polar surface area (TPSA) is 16.4 Å². The fourth-order valence-electron chi connectivity index (χ4n) is 8.03. The Kier molecular flexibility index (Phi) is 6.38. The maximum absolute atomic E-state index is 9.60. The number of rotatable bonds is 7. The SMILES string of the molecule is [2H]c1c([2H])c(N(c2ccc(-c3cccc4oc5ccccc5c34)cc2)c2c([2H])c([2H])c(-c3cccc4ccccc34)c([2H])c2[2H])c([2H])c([2H])c1-c1ccc(-c2cccc3ccccc23)cc1. The Balaban J connectivity index is 1.09. The molecule has 0 aliphatic heterocycles. The van der Waals surface area contributed by atoms with Crippen molar-refractivity contribution in [3.8, 4) is 44.5 Å². The highest BCUT2D eigenvalue weighted by molar-refractivity contribution is 6.12. The van der Waals surface area contributed by atoms with E-state index in [0.717, 1.165) is 65.7 Å². The molecule has 0 radical (unpaired) electrons. The van der Waals surface area contributed by atoms with Crippen LogP contribution in [0.1, 0.15) is 11.0 Å². The van der Waals surface area contributed by atoms with Gasteiger partial charge in [0, 0.05) is 27.8 Å². The summed E-state index contributed by atoms with van der Waals surface area (Å²) >= 11 is 0. The summed E-state index contributed by atoms with van der Waals surface area (Å²) < 4.78 is 82.4. The summed E-state index contributed by atoms with van der Waals surface area (Å²) in [6.07, 6.45) is 0. The molecular formula is C56H37NO. The number of nitrogens with zero attached hydrogens (tertiary/aromatic N) is 1. The fourth-order valence-corrected chi connectivity index (χ4v) is 8.03. The van der Waals surface area contributed by atoms with Gasteiger partial charge in [-0.15, -0.1) is 0 Å². The summed E-state index contributed by atoms with van der Waals surface area (Å²) in [5, 5.41) is 5.71. The number of anilines is 3. The van der Waals surface area contributed by atoms with E-state index in [1.54, 1.807) is 30.3 Å². The molecular weight excluding hydrogens is 703 g/mol. The van der Waals surface area contributed by atoms with E-state index in [9.17, 15) is 11.0 Å². The molecule has 11 aromatic rings. The lowest BCUT2D eigenvalue weighted by atomic mass is 9.96. The zero-order chi connectivity index (χ0) is 45.4. The predicted molar refractivity (Wildman–Crippen MR) is 245 cm³/mol. The first-order valence-corrected chi connectivity index (χ1v) is 19.2. The second kappa shape index (κ2) is 14.1. The highest BCUT2D eigenvalue weighted by Gasteiger charge is 2.16. The lowest BCUT2D eigenvalue weighted by molar-refractivity contribution is 0.669. The summed E-state index contributed by atoms with van der Waals surface area (Å²) in [5.74, 6) is 0. The standard InChI is InChI=1S/C56H37NO/c1-3-14-48-40(10-1)12-7-17-50(48)42-24-22-38(23-25-42)39-26-32-45(33-27-39)57(46-34-28-43(29-35-46)51-18-8-13-41-11-2-4-15-49(41)51)47-36-30-44(31-37-47)52-19-9-21-55-56(52)53-16-5-6-20-54(53)58-55/h1-37H/i26D,27D,28D,29D,32D,33D,34D,35D. The molecule has 10 aromatic carbocycles. The van der Waals surface area contributed by atoms with Gasteiger partial charge in [0.15, 0.2) is 0 Å². The molecule has 0 amide bonds. The zero-order valence-corrected chi connectivity index (χ0v) is 31.1. The normalized spacial score (nSPS) is 13.4. The number of furan rings is 1. The second-order valence-electron chi connectivity index (χ2n) is 14.2. The zero-order valence-electron chi connectivity index (χ0n) is 39.1. The van der Waals surface area contributed by atoms with Crippen LogP contribution in [0.2, 0.25) is 0 Å². The van der Waals surface area contributed by atoms with Crippen molar-refractivity contribution in [2.45, 2.75) is 0 Å². The molecule has 1 aromatic heterocycles. The minimum Gasteiger partial charge on any atom is -0.456 e. The molecule has 2 heteroatoms. The van der Waals surface area contributed by atoms with Crippen molar-refractivity contribution in [2.24, 2.45) is 0 Å². The van der Waals surface area contributed by atoms with E-state index >= 15 is 0 Å². The second-order valence-corrected chi connectivity index (χ2v) is 14.2. The average molecular weight is 748 g/mol. The van der Waals surface area contributed by atoms with Gasteiger partial charge in [-0.25, -0.2) is 0 Å². The van der Waals surface area contributed by atoms with E-state index < -0.39 is 24.2 Å². The molecule has 0 atom stereocenters. The third-order valence-corrected chi connectivity index (χ3v) is 10.8. The van der Waals surface area contributed by atoms with E-state index in [0.29, 0.717) is 16.8 Å². The van der Waals surface area contributed by atoms with Crippen LogP contribution in [0.4, 0.5) is 17.1 Å². The number of hydrogen-bond acceptors (Lipinski definition) is 2. The summed E-state index contributed by atoms with van der Waals surface area (Å²) in [4.78, 5) is 1.35. The van der Waals surface area contributed by atoms with E-state index in [2.05, 4.69) is 18.2 Å². The van der Waals surface area contributed by atoms with Gasteiger partial charge in [0.2, 0.25) is 0 Å². The molecule has 0 N–H and O–H groups in total. The Bertz CT molecular complexity index is 3680. The molecule has 0 bridgehead atoms. The Morgan fingerprint density at radius 3 is 1.41 bits per heavy atom. The third-order valence-electron chi connectivity index (χ3n) is 10.8. The lowest BCUT2D eigenvalue weighted by Gasteiger charge is -2.26. The summed E-state index contributed by atoms with van der Waals surface area (Å²) in [7, 11) is 0. The van der Waals surface area contributed by atoms with Crippen LogP contribution in [0, 0.1) is 0 Å². The summed E-state index contributed by atoms with van der Waals surface area (Å²) in [6, 6.07) is 52.8. The smallest absolute Gasteiger partial charge is 0.136 e. The van der Waals surface area contributed by atoms with Gasteiger partial charge in [0.1, 0.15) is 11.2 Å². The number of fused-ring (bicyclic) bond motifs is 5. The lowest BCUT2D eigenvalue weighted by Crippen LogP contribution is -2.09. The molecule has 272 valence electrons. The van der Waals surface area contributed by atoms with Crippen LogP contribution >= 0.6 is 0 Å². The van der Waals surface area contributed by atoms with Gasteiger partial charge < -0.3 is 9.32 Å². The molecule has 1 heterocycles. The minimum absolute atomic E-state index is 0.0970. The summed E-state index contributed by atoms with van der Waals surface area (Å²) in [6.45, 7) is 0. The number of benzene rings is 10. The van der Waals surface area contributed by atoms with Crippen LogP contribution in [-0.2, 0) is 0 Å². The molecule has 0 fully saturated rings. The molecule has 11 rings (SSSR count). The monoisotopic (exact) mass is 747 g/mol. The Morgan fingerprint density at radius 1 is 0.310 bits per heavy atom. The van der Waals surface area contributed by atoms with Gasteiger partial charge in [0.25, 0.3) is 0 Å². The molecule has 0 saturated heterocycles. The van der Waals surface area contributed by atoms with E-state index in [-0.39, 0.29) is 46.7 Å². The molecule has 0 spiro atoms. The molecule has 58 heavy (non-hydrogen) atoms. The minimum atomic E-state index is -0.405. The van der Waals surface area contributed by atoms with Crippen LogP contribution in [-0.4, -0.2) is 0 Å². The molecule has 0 aliphatic carbocycles. The van der Waals surface area contributed by atoms with Gasteiger partial charge in [-0.1, -0.05) is 176 Å². The highest BCUT2D eigenvalue weighted by atomic mass is 16.3. The average Bonchev–Trinajstić information content (AvgIpc) is 3.74. The Morgan fingerprint density at radius 2 is 0.759 bits per heavy atom. The first-order valence-electron chi connectivity index (χ1n) is 23.2. The maximum atomic E-state index is 9.60. The van der Waals surface area contributed by atoms with Crippen molar-refractivity contribution in [1.29, 1.82) is 0 Å². The van der Waals surface area contributed by atoms with Crippen LogP contribution in [0.15, 0.2) is 229 Å². The molecule has 2 nitrogen and oxygen atoms in total.